The van der Waals surface area contributed by atoms with Crippen LogP contribution in [0.5, 0.6) is 0 Å². The van der Waals surface area contributed by atoms with Gasteiger partial charge in [0.2, 0.25) is 0 Å². The third kappa shape index (κ3) is 1.13. The molecular weight excluding hydrogens is 212 g/mol. The molecule has 5 atom stereocenters. The zero-order chi connectivity index (χ0) is 12.5. The van der Waals surface area contributed by atoms with E-state index >= 15 is 0 Å². The molecule has 0 bridgehead atoms. The van der Waals surface area contributed by atoms with Crippen molar-refractivity contribution in [3.8, 4) is 0 Å². The van der Waals surface area contributed by atoms with Gasteiger partial charge in [-0.3, -0.25) is 0 Å². The first kappa shape index (κ1) is 11.7. The molecule has 17 heavy (non-hydrogen) atoms. The maximum Gasteiger partial charge on any atom is 0.127 e. The lowest BCUT2D eigenvalue weighted by atomic mass is 9.39. The summed E-state index contributed by atoms with van der Waals surface area (Å²) in [6, 6.07) is 0. The highest BCUT2D eigenvalue weighted by atomic mass is 16.3. The summed E-state index contributed by atoms with van der Waals surface area (Å²) in [4.78, 5) is 11.8. The molecule has 96 valence electrons. The number of carbonyl (C=O) groups is 1. The Morgan fingerprint density at radius 1 is 1.12 bits per heavy atom. The van der Waals surface area contributed by atoms with Crippen LogP contribution in [0.15, 0.2) is 0 Å². The minimum atomic E-state index is -0.266. The largest absolute Gasteiger partial charge is 0.393 e. The standard InChI is InChI=1S/C15H24O2/c1-13(2)8-11-10(13)4-6-14(3)12(17)5-7-15(11,14)9-16/h9-12,17H,4-8H2,1-3H3/t10-,11+,12-,14+,15-/m1/s1. The van der Waals surface area contributed by atoms with Crippen molar-refractivity contribution in [2.24, 2.45) is 28.1 Å². The molecule has 3 aliphatic rings. The van der Waals surface area contributed by atoms with Crippen molar-refractivity contribution < 1.29 is 9.90 Å². The lowest BCUT2D eigenvalue weighted by molar-refractivity contribution is -0.188. The summed E-state index contributed by atoms with van der Waals surface area (Å²) >= 11 is 0. The number of aliphatic hydroxyl groups is 1. The van der Waals surface area contributed by atoms with Crippen molar-refractivity contribution in [2.45, 2.75) is 59.0 Å². The summed E-state index contributed by atoms with van der Waals surface area (Å²) in [5.74, 6) is 1.23. The van der Waals surface area contributed by atoms with Crippen LogP contribution >= 0.6 is 0 Å². The first-order valence-electron chi connectivity index (χ1n) is 7.02. The van der Waals surface area contributed by atoms with Gasteiger partial charge >= 0.3 is 0 Å². The summed E-state index contributed by atoms with van der Waals surface area (Å²) in [6.07, 6.45) is 6.06. The number of aliphatic hydroxyl groups excluding tert-OH is 1. The van der Waals surface area contributed by atoms with E-state index in [0.29, 0.717) is 17.3 Å². The topological polar surface area (TPSA) is 37.3 Å². The molecule has 3 saturated carbocycles. The molecule has 2 nitrogen and oxygen atoms in total. The third-order valence-electron chi connectivity index (χ3n) is 6.71. The van der Waals surface area contributed by atoms with E-state index in [4.69, 9.17) is 0 Å². The van der Waals surface area contributed by atoms with Crippen molar-refractivity contribution in [1.29, 1.82) is 0 Å². The smallest absolute Gasteiger partial charge is 0.127 e. The fraction of sp³-hybridized carbons (Fsp3) is 0.933. The van der Waals surface area contributed by atoms with Crippen molar-refractivity contribution in [3.05, 3.63) is 0 Å². The SMILES string of the molecule is CC1(C)C[C@H]2[C@H]1CC[C@@]1(C)[C@H](O)CC[C@@]21C=O. The van der Waals surface area contributed by atoms with Gasteiger partial charge in [0.15, 0.2) is 0 Å². The van der Waals surface area contributed by atoms with Crippen LogP contribution in [0.4, 0.5) is 0 Å². The van der Waals surface area contributed by atoms with Gasteiger partial charge in [-0.2, -0.15) is 0 Å². The molecule has 0 heterocycles. The van der Waals surface area contributed by atoms with Gasteiger partial charge in [0, 0.05) is 10.8 Å². The first-order chi connectivity index (χ1) is 7.87. The number of fused-ring (bicyclic) bond motifs is 3. The van der Waals surface area contributed by atoms with Gasteiger partial charge in [-0.1, -0.05) is 20.8 Å². The van der Waals surface area contributed by atoms with Gasteiger partial charge in [-0.05, 0) is 49.4 Å². The predicted molar refractivity (Wildman–Crippen MR) is 66.5 cm³/mol. The highest BCUT2D eigenvalue weighted by Crippen LogP contribution is 2.72. The van der Waals surface area contributed by atoms with Crippen molar-refractivity contribution in [1.82, 2.24) is 0 Å². The van der Waals surface area contributed by atoms with E-state index in [-0.39, 0.29) is 16.9 Å². The first-order valence-corrected chi connectivity index (χ1v) is 7.02. The number of aldehydes is 1. The van der Waals surface area contributed by atoms with E-state index < -0.39 is 0 Å². The lowest BCUT2D eigenvalue weighted by Crippen LogP contribution is -2.61. The molecule has 0 saturated heterocycles. The molecule has 2 heteroatoms. The Bertz CT molecular complexity index is 362. The minimum absolute atomic E-state index is 0.146. The molecule has 0 aromatic carbocycles. The van der Waals surface area contributed by atoms with Crippen molar-refractivity contribution >= 4 is 6.29 Å². The Labute approximate surface area is 104 Å². The van der Waals surface area contributed by atoms with E-state index in [2.05, 4.69) is 20.8 Å². The molecule has 0 aromatic rings. The number of hydrogen-bond acceptors (Lipinski definition) is 2. The number of rotatable bonds is 1. The summed E-state index contributed by atoms with van der Waals surface area (Å²) in [5, 5.41) is 10.3. The fourth-order valence-electron chi connectivity index (χ4n) is 5.41. The van der Waals surface area contributed by atoms with Gasteiger partial charge in [0.1, 0.15) is 6.29 Å². The average molecular weight is 236 g/mol. The Kier molecular flexibility index (Phi) is 2.16. The van der Waals surface area contributed by atoms with Gasteiger partial charge in [0.25, 0.3) is 0 Å². The van der Waals surface area contributed by atoms with Crippen LogP contribution in [-0.2, 0) is 4.79 Å². The van der Waals surface area contributed by atoms with E-state index in [1.807, 2.05) is 0 Å². The van der Waals surface area contributed by atoms with Crippen molar-refractivity contribution in [3.63, 3.8) is 0 Å². The second-order valence-electron chi connectivity index (χ2n) is 7.57. The van der Waals surface area contributed by atoms with Crippen LogP contribution in [0, 0.1) is 28.1 Å². The summed E-state index contributed by atoms with van der Waals surface area (Å²) in [5.41, 5.74) is 0.0484. The van der Waals surface area contributed by atoms with Gasteiger partial charge in [-0.25, -0.2) is 0 Å². The summed E-state index contributed by atoms with van der Waals surface area (Å²) in [7, 11) is 0. The third-order valence-corrected chi connectivity index (χ3v) is 6.71. The van der Waals surface area contributed by atoms with Crippen LogP contribution in [0.2, 0.25) is 0 Å². The molecule has 0 aliphatic heterocycles. The van der Waals surface area contributed by atoms with Crippen LogP contribution in [0.25, 0.3) is 0 Å². The molecular formula is C15H24O2. The summed E-state index contributed by atoms with van der Waals surface area (Å²) < 4.78 is 0. The van der Waals surface area contributed by atoms with Crippen LogP contribution in [0.1, 0.15) is 52.9 Å². The molecule has 3 aliphatic carbocycles. The van der Waals surface area contributed by atoms with Crippen molar-refractivity contribution in [2.75, 3.05) is 0 Å². The molecule has 0 unspecified atom stereocenters. The van der Waals surface area contributed by atoms with E-state index in [1.165, 1.54) is 19.1 Å². The van der Waals surface area contributed by atoms with E-state index in [1.54, 1.807) is 0 Å². The number of carbonyl (C=O) groups excluding carboxylic acids is 1. The Morgan fingerprint density at radius 3 is 2.41 bits per heavy atom. The Hall–Kier alpha value is -0.370. The molecule has 3 rings (SSSR count). The normalized spacial score (nSPS) is 55.6. The van der Waals surface area contributed by atoms with Gasteiger partial charge in [0.05, 0.1) is 6.10 Å². The van der Waals surface area contributed by atoms with Gasteiger partial charge < -0.3 is 9.90 Å². The monoisotopic (exact) mass is 236 g/mol. The molecule has 0 amide bonds. The number of hydrogen-bond donors (Lipinski definition) is 1. The zero-order valence-corrected chi connectivity index (χ0v) is 11.2. The van der Waals surface area contributed by atoms with Gasteiger partial charge in [-0.15, -0.1) is 0 Å². The Morgan fingerprint density at radius 2 is 1.82 bits per heavy atom. The Balaban J connectivity index is 2.01. The minimum Gasteiger partial charge on any atom is -0.393 e. The zero-order valence-electron chi connectivity index (χ0n) is 11.2. The quantitative estimate of drug-likeness (QED) is 0.711. The van der Waals surface area contributed by atoms with E-state index in [0.717, 1.165) is 19.3 Å². The molecule has 3 fully saturated rings. The van der Waals surface area contributed by atoms with Crippen LogP contribution in [-0.4, -0.2) is 17.5 Å². The highest BCUT2D eigenvalue weighted by Gasteiger charge is 2.69. The molecule has 0 radical (unpaired) electrons. The summed E-state index contributed by atoms with van der Waals surface area (Å²) in [6.45, 7) is 6.82. The maximum atomic E-state index is 11.8. The fourth-order valence-corrected chi connectivity index (χ4v) is 5.41. The lowest BCUT2D eigenvalue weighted by Gasteiger charge is -2.65. The molecule has 0 aromatic heterocycles. The second-order valence-corrected chi connectivity index (χ2v) is 7.57. The second kappa shape index (κ2) is 3.14. The van der Waals surface area contributed by atoms with Crippen LogP contribution in [0.3, 0.4) is 0 Å². The van der Waals surface area contributed by atoms with Crippen LogP contribution < -0.4 is 0 Å². The molecule has 0 spiro atoms. The predicted octanol–water partition coefficient (Wildman–Crippen LogP) is 2.79. The van der Waals surface area contributed by atoms with E-state index in [9.17, 15) is 9.90 Å². The molecule has 1 N–H and O–H groups in total. The average Bonchev–Trinajstić information content (AvgIpc) is 2.52. The highest BCUT2D eigenvalue weighted by molar-refractivity contribution is 5.64. The maximum absolute atomic E-state index is 11.8.